The molecule has 0 spiro atoms. The maximum Gasteiger partial charge on any atom is 0.416 e. The second-order valence-electron chi connectivity index (χ2n) is 9.28. The van der Waals surface area contributed by atoms with E-state index in [2.05, 4.69) is 5.32 Å². The predicted octanol–water partition coefficient (Wildman–Crippen LogP) is 5.89. The van der Waals surface area contributed by atoms with E-state index in [9.17, 15) is 27.9 Å². The van der Waals surface area contributed by atoms with Gasteiger partial charge < -0.3 is 15.0 Å². The van der Waals surface area contributed by atoms with Gasteiger partial charge in [-0.2, -0.15) is 13.2 Å². The number of aryl methyl sites for hydroxylation is 1. The van der Waals surface area contributed by atoms with Crippen molar-refractivity contribution in [2.75, 3.05) is 6.54 Å². The quantitative estimate of drug-likeness (QED) is 0.437. The Labute approximate surface area is 201 Å². The minimum Gasteiger partial charge on any atom is -0.481 e. The summed E-state index contributed by atoms with van der Waals surface area (Å²) in [6.07, 6.45) is 0.653. The fraction of sp³-hybridized carbons (Fsp3) is 0.407. The second kappa shape index (κ2) is 10.1. The molecule has 1 fully saturated rings. The monoisotopic (exact) mass is 486 g/mol. The van der Waals surface area contributed by atoms with E-state index in [4.69, 9.17) is 0 Å². The van der Waals surface area contributed by atoms with Gasteiger partial charge in [-0.25, -0.2) is 0 Å². The molecule has 4 rings (SSSR count). The molecule has 8 heteroatoms. The third-order valence-electron chi connectivity index (χ3n) is 7.00. The maximum absolute atomic E-state index is 13.2. The number of hydrogen-bond donors (Lipinski definition) is 2. The van der Waals surface area contributed by atoms with Gasteiger partial charge in [0.05, 0.1) is 17.0 Å². The molecule has 0 saturated heterocycles. The Morgan fingerprint density at radius 3 is 2.34 bits per heavy atom. The van der Waals surface area contributed by atoms with Crippen LogP contribution in [0.5, 0.6) is 0 Å². The molecule has 186 valence electrons. The van der Waals surface area contributed by atoms with Crippen molar-refractivity contribution in [3.63, 3.8) is 0 Å². The van der Waals surface area contributed by atoms with Crippen molar-refractivity contribution in [3.05, 3.63) is 70.9 Å². The Kier molecular flexibility index (Phi) is 7.19. The molecule has 0 bridgehead atoms. The van der Waals surface area contributed by atoms with Gasteiger partial charge in [-0.3, -0.25) is 9.59 Å². The van der Waals surface area contributed by atoms with E-state index < -0.39 is 17.7 Å². The van der Waals surface area contributed by atoms with Crippen molar-refractivity contribution >= 4 is 22.8 Å². The highest BCUT2D eigenvalue weighted by molar-refractivity contribution is 6.08. The lowest BCUT2D eigenvalue weighted by atomic mass is 9.82. The molecular weight excluding hydrogens is 457 g/mol. The van der Waals surface area contributed by atoms with Crippen LogP contribution < -0.4 is 5.32 Å². The number of rotatable bonds is 7. The maximum atomic E-state index is 13.2. The fourth-order valence-electron chi connectivity index (χ4n) is 4.99. The third-order valence-corrected chi connectivity index (χ3v) is 7.00. The lowest BCUT2D eigenvalue weighted by Crippen LogP contribution is -2.32. The highest BCUT2D eigenvalue weighted by Crippen LogP contribution is 2.32. The van der Waals surface area contributed by atoms with E-state index >= 15 is 0 Å². The Morgan fingerprint density at radius 2 is 1.74 bits per heavy atom. The van der Waals surface area contributed by atoms with Gasteiger partial charge in [-0.1, -0.05) is 24.3 Å². The van der Waals surface area contributed by atoms with Crippen molar-refractivity contribution < 1.29 is 27.9 Å². The highest BCUT2D eigenvalue weighted by atomic mass is 19.4. The molecular formula is C27H29F3N2O3. The van der Waals surface area contributed by atoms with Crippen molar-refractivity contribution in [1.29, 1.82) is 0 Å². The number of nitrogens with one attached hydrogen (secondary N) is 1. The topological polar surface area (TPSA) is 71.3 Å². The van der Waals surface area contributed by atoms with Gasteiger partial charge in [0, 0.05) is 30.2 Å². The van der Waals surface area contributed by atoms with E-state index in [1.807, 2.05) is 35.9 Å². The molecule has 2 aromatic carbocycles. The Hall–Kier alpha value is -3.29. The number of benzene rings is 2. The van der Waals surface area contributed by atoms with Crippen LogP contribution in [-0.2, 0) is 23.9 Å². The third kappa shape index (κ3) is 5.52. The first-order chi connectivity index (χ1) is 16.7. The molecule has 1 amide bonds. The van der Waals surface area contributed by atoms with Gasteiger partial charge >= 0.3 is 12.1 Å². The summed E-state index contributed by atoms with van der Waals surface area (Å²) in [5.74, 6) is -0.985. The number of fused-ring (bicyclic) bond motifs is 1. The normalized spacial score (nSPS) is 18.5. The number of aliphatic carboxylic acids is 1. The zero-order chi connectivity index (χ0) is 25.2. The van der Waals surface area contributed by atoms with E-state index in [1.54, 1.807) is 0 Å². The molecule has 35 heavy (non-hydrogen) atoms. The van der Waals surface area contributed by atoms with Gasteiger partial charge in [-0.05, 0) is 74.3 Å². The Balaban J connectivity index is 1.54. The molecule has 1 heterocycles. The van der Waals surface area contributed by atoms with Crippen LogP contribution in [0.15, 0.2) is 48.7 Å². The summed E-state index contributed by atoms with van der Waals surface area (Å²) in [4.78, 5) is 24.4. The number of halogens is 3. The van der Waals surface area contributed by atoms with Crippen molar-refractivity contribution in [2.24, 2.45) is 11.8 Å². The second-order valence-corrected chi connectivity index (χ2v) is 9.28. The van der Waals surface area contributed by atoms with E-state index in [-0.39, 0.29) is 17.7 Å². The zero-order valence-corrected chi connectivity index (χ0v) is 19.6. The number of carboxylic acid groups (broad SMARTS) is 1. The van der Waals surface area contributed by atoms with Crippen molar-refractivity contribution in [2.45, 2.75) is 51.7 Å². The number of carboxylic acids is 1. The Morgan fingerprint density at radius 1 is 1.06 bits per heavy atom. The average Bonchev–Trinajstić information content (AvgIpc) is 3.22. The summed E-state index contributed by atoms with van der Waals surface area (Å²) >= 11 is 0. The van der Waals surface area contributed by atoms with Gasteiger partial charge in [-0.15, -0.1) is 0 Å². The molecule has 1 aliphatic carbocycles. The van der Waals surface area contributed by atoms with Crippen LogP contribution in [0.4, 0.5) is 13.2 Å². The molecule has 0 atom stereocenters. The summed E-state index contributed by atoms with van der Waals surface area (Å²) in [5.41, 5.74) is 2.37. The molecule has 1 saturated carbocycles. The lowest BCUT2D eigenvalue weighted by Gasteiger charge is -2.26. The molecule has 2 N–H and O–H groups in total. The molecule has 1 aromatic heterocycles. The van der Waals surface area contributed by atoms with E-state index in [0.29, 0.717) is 37.9 Å². The first-order valence-corrected chi connectivity index (χ1v) is 11.9. The molecule has 3 aromatic rings. The van der Waals surface area contributed by atoms with Crippen LogP contribution in [0.2, 0.25) is 0 Å². The van der Waals surface area contributed by atoms with Crippen LogP contribution in [-0.4, -0.2) is 28.1 Å². The average molecular weight is 487 g/mol. The van der Waals surface area contributed by atoms with Crippen LogP contribution in [0.1, 0.15) is 59.7 Å². The standard InChI is InChI=1S/C27H29F3N2O3/c1-2-32-16-22(25(33)31-15-18-6-10-19(11-7-18)26(34)35)24-20(4-3-5-23(24)32)14-17-8-12-21(13-9-17)27(28,29)30/h3-5,8-9,12-13,16,18-19H,2,6-7,10-11,14-15H2,1H3,(H,31,33)(H,34,35). The van der Waals surface area contributed by atoms with Gasteiger partial charge in [0.25, 0.3) is 5.91 Å². The number of amides is 1. The predicted molar refractivity (Wildman–Crippen MR) is 127 cm³/mol. The number of aromatic nitrogens is 1. The smallest absolute Gasteiger partial charge is 0.416 e. The van der Waals surface area contributed by atoms with Crippen molar-refractivity contribution in [1.82, 2.24) is 9.88 Å². The van der Waals surface area contributed by atoms with E-state index in [1.165, 1.54) is 12.1 Å². The molecule has 0 unspecified atom stereocenters. The summed E-state index contributed by atoms with van der Waals surface area (Å²) in [7, 11) is 0. The molecule has 0 radical (unpaired) electrons. The fourth-order valence-corrected chi connectivity index (χ4v) is 4.99. The van der Waals surface area contributed by atoms with Gasteiger partial charge in [0.2, 0.25) is 0 Å². The lowest BCUT2D eigenvalue weighted by molar-refractivity contribution is -0.143. The van der Waals surface area contributed by atoms with Crippen molar-refractivity contribution in [3.8, 4) is 0 Å². The SMILES string of the molecule is CCn1cc(C(=O)NCC2CCC(C(=O)O)CC2)c2c(Cc3ccc(C(F)(F)F)cc3)cccc21. The minimum absolute atomic E-state index is 0.192. The summed E-state index contributed by atoms with van der Waals surface area (Å²) in [5, 5.41) is 13.0. The first-order valence-electron chi connectivity index (χ1n) is 11.9. The summed E-state index contributed by atoms with van der Waals surface area (Å²) in [6.45, 7) is 3.16. The van der Waals surface area contributed by atoms with Crippen LogP contribution in [0, 0.1) is 11.8 Å². The number of alkyl halides is 3. The van der Waals surface area contributed by atoms with Gasteiger partial charge in [0.15, 0.2) is 0 Å². The molecule has 5 nitrogen and oxygen atoms in total. The Bertz CT molecular complexity index is 1210. The van der Waals surface area contributed by atoms with Crippen LogP contribution >= 0.6 is 0 Å². The number of hydrogen-bond acceptors (Lipinski definition) is 2. The first kappa shape index (κ1) is 24.8. The van der Waals surface area contributed by atoms with E-state index in [0.717, 1.165) is 47.0 Å². The van der Waals surface area contributed by atoms with Crippen LogP contribution in [0.3, 0.4) is 0 Å². The highest BCUT2D eigenvalue weighted by Gasteiger charge is 2.30. The number of nitrogens with zero attached hydrogens (tertiary/aromatic N) is 1. The number of carbonyl (C=O) groups is 2. The largest absolute Gasteiger partial charge is 0.481 e. The van der Waals surface area contributed by atoms with Crippen LogP contribution in [0.25, 0.3) is 10.9 Å². The zero-order valence-electron chi connectivity index (χ0n) is 19.6. The summed E-state index contributed by atoms with van der Waals surface area (Å²) < 4.78 is 40.8. The molecule has 1 aliphatic rings. The van der Waals surface area contributed by atoms with Gasteiger partial charge in [0.1, 0.15) is 0 Å². The minimum atomic E-state index is -4.38. The summed E-state index contributed by atoms with van der Waals surface area (Å²) in [6, 6.07) is 10.9. The molecule has 0 aliphatic heterocycles. The number of carbonyl (C=O) groups excluding carboxylic acids is 1.